The minimum Gasteiger partial charge on any atom is -0.493 e. The highest BCUT2D eigenvalue weighted by molar-refractivity contribution is 5.73. The molecular formula is C27H28N2O4. The number of nitrogens with one attached hydrogen (secondary N) is 1. The number of ether oxygens (including phenoxy) is 3. The van der Waals surface area contributed by atoms with E-state index in [0.717, 1.165) is 47.1 Å². The van der Waals surface area contributed by atoms with Gasteiger partial charge < -0.3 is 19.5 Å². The van der Waals surface area contributed by atoms with Crippen molar-refractivity contribution in [2.45, 2.75) is 45.3 Å². The summed E-state index contributed by atoms with van der Waals surface area (Å²) in [6.45, 7) is 4.28. The van der Waals surface area contributed by atoms with Crippen LogP contribution in [0, 0.1) is 5.92 Å². The minimum atomic E-state index is -0.139. The Hall–Kier alpha value is -3.54. The number of carbonyl (C=O) groups excluding carboxylic acids is 1. The van der Waals surface area contributed by atoms with E-state index in [1.54, 1.807) is 6.20 Å². The van der Waals surface area contributed by atoms with Crippen LogP contribution in [0.1, 0.15) is 55.7 Å². The van der Waals surface area contributed by atoms with Gasteiger partial charge in [0.1, 0.15) is 29.1 Å². The summed E-state index contributed by atoms with van der Waals surface area (Å²) in [6, 6.07) is 17.6. The van der Waals surface area contributed by atoms with Crippen LogP contribution in [0.25, 0.3) is 0 Å². The molecule has 2 atom stereocenters. The molecule has 33 heavy (non-hydrogen) atoms. The van der Waals surface area contributed by atoms with E-state index in [0.29, 0.717) is 11.7 Å². The molecule has 2 aliphatic rings. The summed E-state index contributed by atoms with van der Waals surface area (Å²) in [4.78, 5) is 15.9. The molecule has 0 radical (unpaired) electrons. The molecule has 0 saturated heterocycles. The molecule has 1 fully saturated rings. The van der Waals surface area contributed by atoms with Gasteiger partial charge in [0, 0.05) is 19.4 Å². The lowest BCUT2D eigenvalue weighted by atomic mass is 10.0. The maximum atomic E-state index is 11.4. The monoisotopic (exact) mass is 444 g/mol. The van der Waals surface area contributed by atoms with Gasteiger partial charge in [-0.1, -0.05) is 12.1 Å². The standard InChI is InChI=1S/C27H28N2O4/c1-17(29-18(2)30)20-8-11-26-21(12-20)13-27(33-26)25-10-9-24(15-28-25)32-23-5-3-4-22(14-23)31-16-19-6-7-19/h3-5,8-12,14-15,17,19,27H,6-7,13,16H2,1-2H3,(H,29,30). The molecule has 1 saturated carbocycles. The zero-order valence-electron chi connectivity index (χ0n) is 18.9. The Morgan fingerprint density at radius 1 is 1.12 bits per heavy atom. The topological polar surface area (TPSA) is 69.7 Å². The van der Waals surface area contributed by atoms with E-state index in [2.05, 4.69) is 16.4 Å². The second kappa shape index (κ2) is 9.14. The number of aromatic nitrogens is 1. The fourth-order valence-corrected chi connectivity index (χ4v) is 4.00. The van der Waals surface area contributed by atoms with E-state index in [4.69, 9.17) is 14.2 Å². The van der Waals surface area contributed by atoms with Gasteiger partial charge in [0.15, 0.2) is 0 Å². The van der Waals surface area contributed by atoms with Crippen LogP contribution in [0.5, 0.6) is 23.0 Å². The van der Waals surface area contributed by atoms with E-state index < -0.39 is 0 Å². The summed E-state index contributed by atoms with van der Waals surface area (Å²) in [5.41, 5.74) is 3.05. The summed E-state index contributed by atoms with van der Waals surface area (Å²) in [5, 5.41) is 2.92. The first-order valence-electron chi connectivity index (χ1n) is 11.5. The summed E-state index contributed by atoms with van der Waals surface area (Å²) in [7, 11) is 0. The van der Waals surface area contributed by atoms with Gasteiger partial charge in [-0.15, -0.1) is 0 Å². The first-order valence-corrected chi connectivity index (χ1v) is 11.5. The number of pyridine rings is 1. The third-order valence-electron chi connectivity index (χ3n) is 5.99. The van der Waals surface area contributed by atoms with Gasteiger partial charge in [-0.2, -0.15) is 0 Å². The SMILES string of the molecule is CC(=O)NC(C)c1ccc2c(c1)CC(c1ccc(Oc3cccc(OCC4CC4)c3)cn1)O2. The molecule has 3 aromatic rings. The molecule has 6 heteroatoms. The number of fused-ring (bicyclic) bond motifs is 1. The molecule has 2 unspecified atom stereocenters. The molecule has 1 N–H and O–H groups in total. The predicted molar refractivity (Wildman–Crippen MR) is 125 cm³/mol. The van der Waals surface area contributed by atoms with Crippen LogP contribution in [0.15, 0.2) is 60.8 Å². The molecule has 1 aliphatic carbocycles. The number of amides is 1. The fourth-order valence-electron chi connectivity index (χ4n) is 4.00. The smallest absolute Gasteiger partial charge is 0.217 e. The van der Waals surface area contributed by atoms with Crippen LogP contribution in [-0.2, 0) is 11.2 Å². The van der Waals surface area contributed by atoms with Gasteiger partial charge in [-0.25, -0.2) is 0 Å². The highest BCUT2D eigenvalue weighted by Crippen LogP contribution is 2.38. The molecule has 5 rings (SSSR count). The number of hydrogen-bond donors (Lipinski definition) is 1. The molecule has 0 bridgehead atoms. The average Bonchev–Trinajstić information content (AvgIpc) is 3.54. The Morgan fingerprint density at radius 3 is 2.73 bits per heavy atom. The Morgan fingerprint density at radius 2 is 1.97 bits per heavy atom. The maximum absolute atomic E-state index is 11.4. The van der Waals surface area contributed by atoms with Crippen molar-refractivity contribution >= 4 is 5.91 Å². The van der Waals surface area contributed by atoms with Gasteiger partial charge in [0.25, 0.3) is 0 Å². The van der Waals surface area contributed by atoms with Crippen LogP contribution in [0.4, 0.5) is 0 Å². The molecule has 1 aliphatic heterocycles. The van der Waals surface area contributed by atoms with Crippen molar-refractivity contribution in [3.63, 3.8) is 0 Å². The van der Waals surface area contributed by atoms with Crippen molar-refractivity contribution in [3.05, 3.63) is 77.6 Å². The van der Waals surface area contributed by atoms with Crippen molar-refractivity contribution in [3.8, 4) is 23.0 Å². The van der Waals surface area contributed by atoms with Crippen molar-refractivity contribution in [1.29, 1.82) is 0 Å². The molecule has 170 valence electrons. The molecule has 1 amide bonds. The van der Waals surface area contributed by atoms with Gasteiger partial charge in [0.2, 0.25) is 5.91 Å². The number of nitrogens with zero attached hydrogens (tertiary/aromatic N) is 1. The molecule has 6 nitrogen and oxygen atoms in total. The number of rotatable bonds is 8. The second-order valence-electron chi connectivity index (χ2n) is 8.85. The van der Waals surface area contributed by atoms with E-state index >= 15 is 0 Å². The first-order chi connectivity index (χ1) is 16.0. The lowest BCUT2D eigenvalue weighted by molar-refractivity contribution is -0.119. The lowest BCUT2D eigenvalue weighted by Crippen LogP contribution is -2.23. The van der Waals surface area contributed by atoms with Gasteiger partial charge in [0.05, 0.1) is 24.5 Å². The summed E-state index contributed by atoms with van der Waals surface area (Å²) >= 11 is 0. The predicted octanol–water partition coefficient (Wildman–Crippen LogP) is 5.54. The van der Waals surface area contributed by atoms with Gasteiger partial charge >= 0.3 is 0 Å². The third kappa shape index (κ3) is 5.28. The minimum absolute atomic E-state index is 0.0406. The zero-order valence-corrected chi connectivity index (χ0v) is 18.9. The number of carbonyl (C=O) groups is 1. The third-order valence-corrected chi connectivity index (χ3v) is 5.99. The molecular weight excluding hydrogens is 416 g/mol. The van der Waals surface area contributed by atoms with Crippen LogP contribution >= 0.6 is 0 Å². The highest BCUT2D eigenvalue weighted by Gasteiger charge is 2.26. The summed E-state index contributed by atoms with van der Waals surface area (Å²) in [5.74, 6) is 3.75. The number of benzene rings is 2. The van der Waals surface area contributed by atoms with Crippen molar-refractivity contribution in [2.24, 2.45) is 5.92 Å². The second-order valence-corrected chi connectivity index (χ2v) is 8.85. The lowest BCUT2D eigenvalue weighted by Gasteiger charge is -2.13. The van der Waals surface area contributed by atoms with Crippen molar-refractivity contribution in [1.82, 2.24) is 10.3 Å². The molecule has 0 spiro atoms. The maximum Gasteiger partial charge on any atom is 0.217 e. The molecule has 2 heterocycles. The fraction of sp³-hybridized carbons (Fsp3) is 0.333. The largest absolute Gasteiger partial charge is 0.493 e. The van der Waals surface area contributed by atoms with Gasteiger partial charge in [-0.3, -0.25) is 9.78 Å². The van der Waals surface area contributed by atoms with Crippen molar-refractivity contribution in [2.75, 3.05) is 6.61 Å². The Kier molecular flexibility index (Phi) is 5.90. The van der Waals surface area contributed by atoms with Crippen LogP contribution < -0.4 is 19.5 Å². The Bertz CT molecular complexity index is 1140. The quantitative estimate of drug-likeness (QED) is 0.494. The molecule has 1 aromatic heterocycles. The van der Waals surface area contributed by atoms with Crippen molar-refractivity contribution < 1.29 is 19.0 Å². The number of hydrogen-bond acceptors (Lipinski definition) is 5. The first kappa shape index (κ1) is 21.3. The van der Waals surface area contributed by atoms with E-state index in [9.17, 15) is 4.79 Å². The Balaban J connectivity index is 1.21. The van der Waals surface area contributed by atoms with E-state index in [-0.39, 0.29) is 18.1 Å². The summed E-state index contributed by atoms with van der Waals surface area (Å²) in [6.07, 6.45) is 4.86. The summed E-state index contributed by atoms with van der Waals surface area (Å²) < 4.78 is 17.9. The average molecular weight is 445 g/mol. The van der Waals surface area contributed by atoms with Crippen LogP contribution in [0.3, 0.4) is 0 Å². The highest BCUT2D eigenvalue weighted by atomic mass is 16.5. The van der Waals surface area contributed by atoms with Crippen LogP contribution in [-0.4, -0.2) is 17.5 Å². The Labute approximate surface area is 193 Å². The van der Waals surface area contributed by atoms with E-state index in [1.165, 1.54) is 19.8 Å². The normalized spacial score (nSPS) is 17.6. The zero-order chi connectivity index (χ0) is 22.8. The van der Waals surface area contributed by atoms with E-state index in [1.807, 2.05) is 55.5 Å². The van der Waals surface area contributed by atoms with Crippen LogP contribution in [0.2, 0.25) is 0 Å². The molecule has 2 aromatic carbocycles. The van der Waals surface area contributed by atoms with Gasteiger partial charge in [-0.05, 0) is 73.2 Å².